The Morgan fingerprint density at radius 3 is 2.43 bits per heavy atom. The molecule has 0 heterocycles. The van der Waals surface area contributed by atoms with E-state index in [2.05, 4.69) is 10.6 Å². The second-order valence-corrected chi connectivity index (χ2v) is 5.42. The van der Waals surface area contributed by atoms with Crippen molar-refractivity contribution in [3.63, 3.8) is 0 Å². The van der Waals surface area contributed by atoms with Crippen LogP contribution in [-0.2, 0) is 0 Å². The third kappa shape index (κ3) is 4.72. The predicted octanol–water partition coefficient (Wildman–Crippen LogP) is 3.17. The molecule has 2 aromatic rings. The number of anilines is 1. The van der Waals surface area contributed by atoms with Crippen LogP contribution in [0.2, 0.25) is 0 Å². The molecule has 0 saturated carbocycles. The molecular formula is C18H22N2O3. The number of carbonyl (C=O) groups excluding carboxylic acids is 1. The predicted molar refractivity (Wildman–Crippen MR) is 90.9 cm³/mol. The lowest BCUT2D eigenvalue weighted by Crippen LogP contribution is -2.32. The summed E-state index contributed by atoms with van der Waals surface area (Å²) in [5.74, 6) is 0.724. The minimum atomic E-state index is -0.772. The van der Waals surface area contributed by atoms with Crippen LogP contribution in [0.1, 0.15) is 22.8 Å². The van der Waals surface area contributed by atoms with Gasteiger partial charge >= 0.3 is 6.03 Å². The molecule has 0 aliphatic carbocycles. The molecule has 0 saturated heterocycles. The number of nitrogens with one attached hydrogen (secondary N) is 2. The molecule has 0 aliphatic heterocycles. The van der Waals surface area contributed by atoms with Gasteiger partial charge in [0.1, 0.15) is 5.75 Å². The minimum absolute atomic E-state index is 0.128. The topological polar surface area (TPSA) is 70.6 Å². The van der Waals surface area contributed by atoms with E-state index in [0.29, 0.717) is 0 Å². The molecule has 1 atom stereocenters. The molecule has 2 aromatic carbocycles. The molecule has 0 aromatic heterocycles. The van der Waals surface area contributed by atoms with Gasteiger partial charge in [0.2, 0.25) is 0 Å². The van der Waals surface area contributed by atoms with Crippen molar-refractivity contribution in [1.82, 2.24) is 5.32 Å². The number of benzene rings is 2. The van der Waals surface area contributed by atoms with Crippen molar-refractivity contribution in [2.75, 3.05) is 19.0 Å². The molecule has 23 heavy (non-hydrogen) atoms. The van der Waals surface area contributed by atoms with Crippen LogP contribution < -0.4 is 15.4 Å². The largest absolute Gasteiger partial charge is 0.497 e. The summed E-state index contributed by atoms with van der Waals surface area (Å²) < 4.78 is 5.07. The SMILES string of the molecule is COc1ccc([C@@H](O)CNC(=O)Nc2ccc(C)c(C)c2)cc1. The summed E-state index contributed by atoms with van der Waals surface area (Å²) in [7, 11) is 1.59. The van der Waals surface area contributed by atoms with Crippen LogP contribution in [0.3, 0.4) is 0 Å². The first-order valence-corrected chi connectivity index (χ1v) is 7.43. The summed E-state index contributed by atoms with van der Waals surface area (Å²) in [6.07, 6.45) is -0.772. The smallest absolute Gasteiger partial charge is 0.319 e. The highest BCUT2D eigenvalue weighted by molar-refractivity contribution is 5.89. The summed E-state index contributed by atoms with van der Waals surface area (Å²) in [5.41, 5.74) is 3.73. The number of aliphatic hydroxyl groups excluding tert-OH is 1. The third-order valence-electron chi connectivity index (χ3n) is 3.72. The highest BCUT2D eigenvalue weighted by Gasteiger charge is 2.10. The molecule has 2 rings (SSSR count). The molecule has 122 valence electrons. The molecule has 2 amide bonds. The van der Waals surface area contributed by atoms with E-state index >= 15 is 0 Å². The van der Waals surface area contributed by atoms with Crippen molar-refractivity contribution < 1.29 is 14.6 Å². The normalized spacial score (nSPS) is 11.7. The molecule has 0 aliphatic rings. The number of aliphatic hydroxyl groups is 1. The second kappa shape index (κ2) is 7.65. The molecule has 3 N–H and O–H groups in total. The Hall–Kier alpha value is -2.53. The van der Waals surface area contributed by atoms with Gasteiger partial charge in [-0.15, -0.1) is 0 Å². The maximum absolute atomic E-state index is 11.9. The van der Waals surface area contributed by atoms with Crippen LogP contribution in [-0.4, -0.2) is 24.8 Å². The van der Waals surface area contributed by atoms with E-state index in [1.165, 1.54) is 5.56 Å². The summed E-state index contributed by atoms with van der Waals surface area (Å²) in [4.78, 5) is 11.9. The quantitative estimate of drug-likeness (QED) is 0.794. The number of ether oxygens (including phenoxy) is 1. The third-order valence-corrected chi connectivity index (χ3v) is 3.72. The van der Waals surface area contributed by atoms with Gasteiger partial charge in [-0.25, -0.2) is 4.79 Å². The summed E-state index contributed by atoms with van der Waals surface area (Å²) in [5, 5.41) is 15.5. The highest BCUT2D eigenvalue weighted by Crippen LogP contribution is 2.17. The molecule has 0 radical (unpaired) electrons. The van der Waals surface area contributed by atoms with E-state index in [4.69, 9.17) is 4.74 Å². The zero-order valence-corrected chi connectivity index (χ0v) is 13.6. The first kappa shape index (κ1) is 16.8. The fraction of sp³-hybridized carbons (Fsp3) is 0.278. The van der Waals surface area contributed by atoms with Crippen molar-refractivity contribution in [3.05, 3.63) is 59.2 Å². The Kier molecular flexibility index (Phi) is 5.60. The lowest BCUT2D eigenvalue weighted by atomic mass is 10.1. The van der Waals surface area contributed by atoms with Gasteiger partial charge in [-0.2, -0.15) is 0 Å². The van der Waals surface area contributed by atoms with Crippen LogP contribution in [0, 0.1) is 13.8 Å². The van der Waals surface area contributed by atoms with Crippen molar-refractivity contribution >= 4 is 11.7 Å². The number of rotatable bonds is 5. The molecule has 5 nitrogen and oxygen atoms in total. The Labute approximate surface area is 136 Å². The number of methoxy groups -OCH3 is 1. The Balaban J connectivity index is 1.86. The van der Waals surface area contributed by atoms with Crippen LogP contribution in [0.25, 0.3) is 0 Å². The molecule has 0 spiro atoms. The first-order valence-electron chi connectivity index (χ1n) is 7.43. The van der Waals surface area contributed by atoms with Crippen molar-refractivity contribution in [3.8, 4) is 5.75 Å². The second-order valence-electron chi connectivity index (χ2n) is 5.42. The highest BCUT2D eigenvalue weighted by atomic mass is 16.5. The van der Waals surface area contributed by atoms with Gasteiger partial charge in [-0.3, -0.25) is 0 Å². The van der Waals surface area contributed by atoms with E-state index in [1.54, 1.807) is 31.4 Å². The van der Waals surface area contributed by atoms with Gasteiger partial charge in [0, 0.05) is 12.2 Å². The lowest BCUT2D eigenvalue weighted by Gasteiger charge is -2.14. The number of amides is 2. The van der Waals surface area contributed by atoms with Crippen LogP contribution in [0.4, 0.5) is 10.5 Å². The number of urea groups is 1. The van der Waals surface area contributed by atoms with Gasteiger partial charge in [0.25, 0.3) is 0 Å². The van der Waals surface area contributed by atoms with Gasteiger partial charge in [0.15, 0.2) is 0 Å². The number of carbonyl (C=O) groups is 1. The number of hydrogen-bond donors (Lipinski definition) is 3. The Bertz CT molecular complexity index is 668. The summed E-state index contributed by atoms with van der Waals surface area (Å²) in [6, 6.07) is 12.5. The molecule has 0 unspecified atom stereocenters. The summed E-state index contributed by atoms with van der Waals surface area (Å²) >= 11 is 0. The van der Waals surface area contributed by atoms with Gasteiger partial charge in [0.05, 0.1) is 13.2 Å². The van der Waals surface area contributed by atoms with E-state index in [0.717, 1.165) is 22.6 Å². The van der Waals surface area contributed by atoms with E-state index in [-0.39, 0.29) is 12.6 Å². The van der Waals surface area contributed by atoms with Gasteiger partial charge in [-0.1, -0.05) is 18.2 Å². The zero-order valence-electron chi connectivity index (χ0n) is 13.6. The average molecular weight is 314 g/mol. The summed E-state index contributed by atoms with van der Waals surface area (Å²) in [6.45, 7) is 4.14. The van der Waals surface area contributed by atoms with Crippen molar-refractivity contribution in [1.29, 1.82) is 0 Å². The zero-order chi connectivity index (χ0) is 16.8. The van der Waals surface area contributed by atoms with Crippen molar-refractivity contribution in [2.24, 2.45) is 0 Å². The van der Waals surface area contributed by atoms with Crippen LogP contribution >= 0.6 is 0 Å². The fourth-order valence-electron chi connectivity index (χ4n) is 2.13. The van der Waals surface area contributed by atoms with E-state index in [1.807, 2.05) is 32.0 Å². The van der Waals surface area contributed by atoms with Gasteiger partial charge in [-0.05, 0) is 54.8 Å². The minimum Gasteiger partial charge on any atom is -0.497 e. The Morgan fingerprint density at radius 1 is 1.13 bits per heavy atom. The van der Waals surface area contributed by atoms with E-state index in [9.17, 15) is 9.90 Å². The van der Waals surface area contributed by atoms with E-state index < -0.39 is 6.10 Å². The maximum Gasteiger partial charge on any atom is 0.319 e. The number of aryl methyl sites for hydroxylation is 2. The monoisotopic (exact) mass is 314 g/mol. The molecular weight excluding hydrogens is 292 g/mol. The molecule has 0 fully saturated rings. The Morgan fingerprint density at radius 2 is 1.83 bits per heavy atom. The number of hydrogen-bond acceptors (Lipinski definition) is 3. The first-order chi connectivity index (χ1) is 11.0. The standard InChI is InChI=1S/C18H22N2O3/c1-12-4-7-15(10-13(12)2)20-18(22)19-11-17(21)14-5-8-16(23-3)9-6-14/h4-10,17,21H,11H2,1-3H3,(H2,19,20,22)/t17-/m0/s1. The van der Waals surface area contributed by atoms with Gasteiger partial charge < -0.3 is 20.5 Å². The van der Waals surface area contributed by atoms with Crippen molar-refractivity contribution in [2.45, 2.75) is 20.0 Å². The molecule has 5 heteroatoms. The molecule has 0 bridgehead atoms. The lowest BCUT2D eigenvalue weighted by molar-refractivity contribution is 0.175. The van der Waals surface area contributed by atoms with Crippen LogP contribution in [0.5, 0.6) is 5.75 Å². The fourth-order valence-corrected chi connectivity index (χ4v) is 2.13. The maximum atomic E-state index is 11.9. The average Bonchev–Trinajstić information content (AvgIpc) is 2.56. The van der Waals surface area contributed by atoms with Crippen LogP contribution in [0.15, 0.2) is 42.5 Å².